The Morgan fingerprint density at radius 1 is 1.12 bits per heavy atom. The van der Waals surface area contributed by atoms with Gasteiger partial charge < -0.3 is 19.5 Å². The maximum Gasteiger partial charge on any atom is 0.271 e. The van der Waals surface area contributed by atoms with Gasteiger partial charge in [0.2, 0.25) is 0 Å². The number of amides is 1. The molecule has 2 aromatic rings. The van der Waals surface area contributed by atoms with Crippen molar-refractivity contribution in [3.8, 4) is 17.2 Å². The van der Waals surface area contributed by atoms with Crippen molar-refractivity contribution in [2.24, 2.45) is 0 Å². The van der Waals surface area contributed by atoms with Crippen molar-refractivity contribution in [3.63, 3.8) is 0 Å². The molecule has 7 heteroatoms. The van der Waals surface area contributed by atoms with Gasteiger partial charge in [0, 0.05) is 30.1 Å². The third-order valence-electron chi connectivity index (χ3n) is 3.75. The van der Waals surface area contributed by atoms with Crippen molar-refractivity contribution < 1.29 is 19.0 Å². The van der Waals surface area contributed by atoms with Crippen LogP contribution in [-0.4, -0.2) is 37.2 Å². The normalized spacial score (nSPS) is 10.5. The predicted octanol–water partition coefficient (Wildman–Crippen LogP) is 2.56. The van der Waals surface area contributed by atoms with E-state index in [-0.39, 0.29) is 24.1 Å². The molecule has 0 bridgehead atoms. The highest BCUT2D eigenvalue weighted by molar-refractivity contribution is 5.91. The van der Waals surface area contributed by atoms with Gasteiger partial charge in [-0.3, -0.25) is 9.78 Å². The van der Waals surface area contributed by atoms with Gasteiger partial charge in [-0.25, -0.2) is 4.98 Å². The van der Waals surface area contributed by atoms with Crippen LogP contribution in [0.2, 0.25) is 0 Å². The summed E-state index contributed by atoms with van der Waals surface area (Å²) in [5.74, 6) is 1.74. The van der Waals surface area contributed by atoms with Crippen LogP contribution in [0.3, 0.4) is 0 Å². The highest BCUT2D eigenvalue weighted by Gasteiger charge is 2.23. The van der Waals surface area contributed by atoms with E-state index in [1.165, 1.54) is 18.6 Å². The molecular formula is C18H23N3O4. The first-order valence-electron chi connectivity index (χ1n) is 7.89. The summed E-state index contributed by atoms with van der Waals surface area (Å²) < 4.78 is 16.6. The number of hydrogen-bond donors (Lipinski definition) is 1. The number of nitrogens with zero attached hydrogens (tertiary/aromatic N) is 2. The lowest BCUT2D eigenvalue weighted by atomic mass is 9.97. The van der Waals surface area contributed by atoms with E-state index in [1.54, 1.807) is 21.3 Å². The van der Waals surface area contributed by atoms with Crippen LogP contribution in [0, 0.1) is 0 Å². The van der Waals surface area contributed by atoms with E-state index in [2.05, 4.69) is 29.1 Å². The second-order valence-corrected chi connectivity index (χ2v) is 5.65. The molecule has 0 spiro atoms. The summed E-state index contributed by atoms with van der Waals surface area (Å²) in [5.41, 5.74) is 1.92. The monoisotopic (exact) mass is 345 g/mol. The molecule has 1 heterocycles. The van der Waals surface area contributed by atoms with Crippen LogP contribution in [0.5, 0.6) is 17.2 Å². The van der Waals surface area contributed by atoms with Crippen LogP contribution < -0.4 is 19.5 Å². The van der Waals surface area contributed by atoms with Crippen LogP contribution in [0.15, 0.2) is 24.7 Å². The van der Waals surface area contributed by atoms with E-state index in [0.717, 1.165) is 11.1 Å². The van der Waals surface area contributed by atoms with E-state index in [1.807, 2.05) is 6.07 Å². The van der Waals surface area contributed by atoms with Crippen molar-refractivity contribution in [1.82, 2.24) is 15.3 Å². The molecule has 0 atom stereocenters. The Morgan fingerprint density at radius 3 is 2.36 bits per heavy atom. The van der Waals surface area contributed by atoms with Gasteiger partial charge >= 0.3 is 0 Å². The van der Waals surface area contributed by atoms with Gasteiger partial charge in [-0.15, -0.1) is 0 Å². The first-order valence-corrected chi connectivity index (χ1v) is 7.89. The maximum absolute atomic E-state index is 12.2. The largest absolute Gasteiger partial charge is 0.496 e. The lowest BCUT2D eigenvalue weighted by Gasteiger charge is -2.21. The number of carbonyl (C=O) groups is 1. The summed E-state index contributed by atoms with van der Waals surface area (Å²) in [6, 6.07) is 1.85. The fourth-order valence-corrected chi connectivity index (χ4v) is 2.64. The highest BCUT2D eigenvalue weighted by atomic mass is 16.5. The number of rotatable bonds is 7. The van der Waals surface area contributed by atoms with Gasteiger partial charge in [0.1, 0.15) is 11.4 Å². The molecule has 1 amide bonds. The average Bonchev–Trinajstić information content (AvgIpc) is 2.64. The van der Waals surface area contributed by atoms with Gasteiger partial charge in [0.05, 0.1) is 27.5 Å². The zero-order valence-electron chi connectivity index (χ0n) is 15.1. The van der Waals surface area contributed by atoms with Crippen molar-refractivity contribution in [2.75, 3.05) is 21.3 Å². The lowest BCUT2D eigenvalue weighted by molar-refractivity contribution is 0.0945. The first-order chi connectivity index (χ1) is 12.0. The minimum Gasteiger partial charge on any atom is -0.496 e. The SMILES string of the molecule is COc1cc(CNC(=O)c2cnccn2)c(OC)c(OC)c1C(C)C. The number of nitrogens with one attached hydrogen (secondary N) is 1. The minimum atomic E-state index is -0.318. The second-order valence-electron chi connectivity index (χ2n) is 5.65. The Labute approximate surface area is 147 Å². The Balaban J connectivity index is 2.35. The Hall–Kier alpha value is -2.83. The summed E-state index contributed by atoms with van der Waals surface area (Å²) in [6.45, 7) is 4.34. The van der Waals surface area contributed by atoms with Crippen LogP contribution in [-0.2, 0) is 6.54 Å². The third-order valence-corrected chi connectivity index (χ3v) is 3.75. The third kappa shape index (κ3) is 3.99. The highest BCUT2D eigenvalue weighted by Crippen LogP contribution is 2.44. The fourth-order valence-electron chi connectivity index (χ4n) is 2.64. The van der Waals surface area contributed by atoms with Crippen molar-refractivity contribution in [3.05, 3.63) is 41.5 Å². The molecule has 0 saturated carbocycles. The van der Waals surface area contributed by atoms with E-state index in [0.29, 0.717) is 17.2 Å². The van der Waals surface area contributed by atoms with Crippen molar-refractivity contribution in [2.45, 2.75) is 26.3 Å². The van der Waals surface area contributed by atoms with Gasteiger partial charge in [0.15, 0.2) is 11.5 Å². The molecule has 0 aliphatic rings. The molecule has 7 nitrogen and oxygen atoms in total. The Morgan fingerprint density at radius 2 is 1.84 bits per heavy atom. The summed E-state index contributed by atoms with van der Waals surface area (Å²) in [5, 5.41) is 2.81. The van der Waals surface area contributed by atoms with Crippen LogP contribution in [0.1, 0.15) is 41.4 Å². The Bertz CT molecular complexity index is 733. The zero-order chi connectivity index (χ0) is 18.4. The second kappa shape index (κ2) is 8.32. The molecule has 0 radical (unpaired) electrons. The number of carbonyl (C=O) groups excluding carboxylic acids is 1. The summed E-state index contributed by atoms with van der Waals surface area (Å²) in [7, 11) is 4.77. The number of ether oxygens (including phenoxy) is 3. The zero-order valence-corrected chi connectivity index (χ0v) is 15.1. The van der Waals surface area contributed by atoms with Crippen LogP contribution >= 0.6 is 0 Å². The molecule has 0 aliphatic carbocycles. The molecule has 0 fully saturated rings. The smallest absolute Gasteiger partial charge is 0.271 e. The maximum atomic E-state index is 12.2. The standard InChI is InChI=1S/C18H23N3O4/c1-11(2)15-14(23-3)8-12(16(24-4)17(15)25-5)9-21-18(22)13-10-19-6-7-20-13/h6-8,10-11H,9H2,1-5H3,(H,21,22). The molecule has 0 saturated heterocycles. The van der Waals surface area contributed by atoms with Crippen molar-refractivity contribution in [1.29, 1.82) is 0 Å². The fraction of sp³-hybridized carbons (Fsp3) is 0.389. The Kier molecular flexibility index (Phi) is 6.16. The van der Waals surface area contributed by atoms with E-state index in [4.69, 9.17) is 14.2 Å². The minimum absolute atomic E-state index is 0.182. The van der Waals surface area contributed by atoms with Crippen molar-refractivity contribution >= 4 is 5.91 Å². The predicted molar refractivity (Wildman–Crippen MR) is 93.4 cm³/mol. The quantitative estimate of drug-likeness (QED) is 0.830. The lowest BCUT2D eigenvalue weighted by Crippen LogP contribution is -2.24. The van der Waals surface area contributed by atoms with Gasteiger partial charge in [-0.05, 0) is 12.0 Å². The molecule has 134 valence electrons. The number of aromatic nitrogens is 2. The average molecular weight is 345 g/mol. The number of hydrogen-bond acceptors (Lipinski definition) is 6. The molecule has 1 aromatic carbocycles. The van der Waals surface area contributed by atoms with Gasteiger partial charge in [0.25, 0.3) is 5.91 Å². The first kappa shape index (κ1) is 18.5. The van der Waals surface area contributed by atoms with Crippen LogP contribution in [0.4, 0.5) is 0 Å². The molecule has 25 heavy (non-hydrogen) atoms. The van der Waals surface area contributed by atoms with E-state index < -0.39 is 0 Å². The van der Waals surface area contributed by atoms with E-state index >= 15 is 0 Å². The molecular weight excluding hydrogens is 322 g/mol. The summed E-state index contributed by atoms with van der Waals surface area (Å²) in [4.78, 5) is 20.1. The number of methoxy groups -OCH3 is 3. The molecule has 1 N–H and O–H groups in total. The number of benzene rings is 1. The molecule has 0 aliphatic heterocycles. The molecule has 0 unspecified atom stereocenters. The van der Waals surface area contributed by atoms with E-state index in [9.17, 15) is 4.79 Å². The summed E-state index contributed by atoms with van der Waals surface area (Å²) >= 11 is 0. The molecule has 2 rings (SSSR count). The van der Waals surface area contributed by atoms with Gasteiger partial charge in [-0.2, -0.15) is 0 Å². The summed E-state index contributed by atoms with van der Waals surface area (Å²) in [6.07, 6.45) is 4.40. The molecule has 1 aromatic heterocycles. The topological polar surface area (TPSA) is 82.6 Å². The van der Waals surface area contributed by atoms with Gasteiger partial charge in [-0.1, -0.05) is 13.8 Å². The van der Waals surface area contributed by atoms with Crippen LogP contribution in [0.25, 0.3) is 0 Å².